The van der Waals surface area contributed by atoms with Gasteiger partial charge in [-0.3, -0.25) is 4.55 Å². The first-order valence-corrected chi connectivity index (χ1v) is 14.4. The number of aliphatic hydroxyl groups is 1. The molecule has 0 aromatic heterocycles. The fraction of sp³-hybridized carbons (Fsp3) is 0.357. The standard InChI is InChI=1S/C18H13FS.C10H20F2O5S/c19-20-17-13-7-12-16(14-8-3-1-4-9-14)18(17)15-10-5-2-6-11-15;1-2-3-4-5-6-9(13)7-17-8-10(11,12)18(14,15)16/h1-13H;9,13H,2-8H2,1H3,(H,14,15,16). The SMILES string of the molecule is CCCCCCC(O)COCC(F)(F)S(=O)(=O)O.FSc1cccc(-c2ccccc2)c1-c1ccccc1. The van der Waals surface area contributed by atoms with Crippen molar-refractivity contribution in [1.82, 2.24) is 0 Å². The van der Waals surface area contributed by atoms with Crippen LogP contribution in [0.3, 0.4) is 0 Å². The average Bonchev–Trinajstić information content (AvgIpc) is 2.91. The van der Waals surface area contributed by atoms with E-state index in [0.29, 0.717) is 23.5 Å². The number of unbranched alkanes of at least 4 members (excludes halogenated alkanes) is 3. The van der Waals surface area contributed by atoms with E-state index in [1.54, 1.807) is 0 Å². The van der Waals surface area contributed by atoms with Gasteiger partial charge in [-0.05, 0) is 29.2 Å². The quantitative estimate of drug-likeness (QED) is 0.161. The summed E-state index contributed by atoms with van der Waals surface area (Å²) in [5.74, 6) is 0. The molecule has 0 aliphatic heterocycles. The Morgan fingerprint density at radius 1 is 0.895 bits per heavy atom. The Morgan fingerprint density at radius 3 is 2.05 bits per heavy atom. The monoisotopic (exact) mass is 570 g/mol. The predicted octanol–water partition coefficient (Wildman–Crippen LogP) is 7.81. The molecular formula is C28H33F3O5S2. The van der Waals surface area contributed by atoms with Gasteiger partial charge in [0.2, 0.25) is 0 Å². The zero-order chi connectivity index (χ0) is 28.0. The minimum atomic E-state index is -5.46. The Balaban J connectivity index is 0.000000269. The molecular weight excluding hydrogens is 537 g/mol. The fourth-order valence-electron chi connectivity index (χ4n) is 3.63. The predicted molar refractivity (Wildman–Crippen MR) is 146 cm³/mol. The molecule has 0 saturated heterocycles. The van der Waals surface area contributed by atoms with Crippen LogP contribution in [0.4, 0.5) is 12.7 Å². The van der Waals surface area contributed by atoms with Gasteiger partial charge in [-0.25, -0.2) is 0 Å². The highest BCUT2D eigenvalue weighted by molar-refractivity contribution is 7.94. The Morgan fingerprint density at radius 2 is 1.50 bits per heavy atom. The van der Waals surface area contributed by atoms with Crippen molar-refractivity contribution in [2.45, 2.75) is 55.3 Å². The Hall–Kier alpha value is -2.37. The Kier molecular flexibility index (Phi) is 13.3. The lowest BCUT2D eigenvalue weighted by Crippen LogP contribution is -2.34. The fourth-order valence-corrected chi connectivity index (χ4v) is 4.30. The van der Waals surface area contributed by atoms with Crippen LogP contribution in [0.25, 0.3) is 22.3 Å². The first-order valence-electron chi connectivity index (χ1n) is 12.2. The second-order valence-corrected chi connectivity index (χ2v) is 10.8. The Labute approximate surface area is 227 Å². The van der Waals surface area contributed by atoms with Gasteiger partial charge in [0.25, 0.3) is 0 Å². The molecule has 38 heavy (non-hydrogen) atoms. The van der Waals surface area contributed by atoms with Crippen molar-refractivity contribution < 1.29 is 35.5 Å². The van der Waals surface area contributed by atoms with Gasteiger partial charge in [0, 0.05) is 10.5 Å². The molecule has 0 fully saturated rings. The third kappa shape index (κ3) is 10.1. The van der Waals surface area contributed by atoms with Crippen molar-refractivity contribution in [1.29, 1.82) is 0 Å². The van der Waals surface area contributed by atoms with Gasteiger partial charge in [0.15, 0.2) is 0 Å². The smallest absolute Gasteiger partial charge is 0.391 e. The molecule has 3 rings (SSSR count). The number of aliphatic hydroxyl groups excluding tert-OH is 1. The second kappa shape index (κ2) is 15.9. The normalized spacial score (nSPS) is 12.5. The summed E-state index contributed by atoms with van der Waals surface area (Å²) in [6.45, 7) is 0.200. The number of benzene rings is 3. The average molecular weight is 571 g/mol. The third-order valence-corrected chi connectivity index (χ3v) is 6.98. The number of halogens is 3. The molecule has 3 aromatic rings. The molecule has 0 bridgehead atoms. The molecule has 0 heterocycles. The zero-order valence-corrected chi connectivity index (χ0v) is 22.7. The molecule has 0 aliphatic rings. The Bertz CT molecular complexity index is 1190. The van der Waals surface area contributed by atoms with Crippen molar-refractivity contribution in [2.24, 2.45) is 0 Å². The molecule has 0 amide bonds. The molecule has 0 aliphatic carbocycles. The van der Waals surface area contributed by atoms with E-state index in [0.717, 1.165) is 47.9 Å². The summed E-state index contributed by atoms with van der Waals surface area (Å²) in [6.07, 6.45) is 3.29. The van der Waals surface area contributed by atoms with E-state index in [-0.39, 0.29) is 6.61 Å². The summed E-state index contributed by atoms with van der Waals surface area (Å²) < 4.78 is 71.7. The molecule has 0 spiro atoms. The minimum Gasteiger partial charge on any atom is -0.391 e. The second-order valence-electron chi connectivity index (χ2n) is 8.62. The van der Waals surface area contributed by atoms with E-state index in [2.05, 4.69) is 16.9 Å². The summed E-state index contributed by atoms with van der Waals surface area (Å²) in [6, 6.07) is 25.8. The molecule has 0 radical (unpaired) electrons. The van der Waals surface area contributed by atoms with Crippen LogP contribution >= 0.6 is 12.1 Å². The number of hydrogen-bond donors (Lipinski definition) is 2. The van der Waals surface area contributed by atoms with E-state index >= 15 is 0 Å². The topological polar surface area (TPSA) is 83.8 Å². The molecule has 5 nitrogen and oxygen atoms in total. The maximum atomic E-state index is 13.3. The summed E-state index contributed by atoms with van der Waals surface area (Å²) in [5, 5.41) is 5.03. The van der Waals surface area contributed by atoms with Crippen LogP contribution in [-0.4, -0.2) is 42.6 Å². The highest BCUT2D eigenvalue weighted by atomic mass is 32.2. The van der Waals surface area contributed by atoms with Crippen LogP contribution in [-0.2, 0) is 14.9 Å². The van der Waals surface area contributed by atoms with Gasteiger partial charge in [0.1, 0.15) is 6.61 Å². The molecule has 208 valence electrons. The number of rotatable bonds is 13. The van der Waals surface area contributed by atoms with E-state index < -0.39 is 28.1 Å². The first-order chi connectivity index (χ1) is 18.1. The lowest BCUT2D eigenvalue weighted by atomic mass is 9.94. The van der Waals surface area contributed by atoms with Crippen molar-refractivity contribution in [3.63, 3.8) is 0 Å². The maximum Gasteiger partial charge on any atom is 0.392 e. The van der Waals surface area contributed by atoms with Crippen LogP contribution in [0.15, 0.2) is 83.8 Å². The van der Waals surface area contributed by atoms with Crippen molar-refractivity contribution in [3.05, 3.63) is 78.9 Å². The highest BCUT2D eigenvalue weighted by Crippen LogP contribution is 2.39. The van der Waals surface area contributed by atoms with E-state index in [4.69, 9.17) is 4.55 Å². The first kappa shape index (κ1) is 31.8. The van der Waals surface area contributed by atoms with E-state index in [1.807, 2.05) is 73.7 Å². The molecule has 1 unspecified atom stereocenters. The lowest BCUT2D eigenvalue weighted by molar-refractivity contribution is -0.0471. The molecule has 2 N–H and O–H groups in total. The van der Waals surface area contributed by atoms with Gasteiger partial charge >= 0.3 is 15.4 Å². The van der Waals surface area contributed by atoms with Crippen LogP contribution in [0, 0.1) is 0 Å². The largest absolute Gasteiger partial charge is 0.392 e. The van der Waals surface area contributed by atoms with Gasteiger partial charge in [-0.2, -0.15) is 21.1 Å². The van der Waals surface area contributed by atoms with Gasteiger partial charge < -0.3 is 9.84 Å². The summed E-state index contributed by atoms with van der Waals surface area (Å²) in [4.78, 5) is 0.651. The highest BCUT2D eigenvalue weighted by Gasteiger charge is 2.44. The van der Waals surface area contributed by atoms with E-state index in [9.17, 15) is 26.2 Å². The van der Waals surface area contributed by atoms with Gasteiger partial charge in [0.05, 0.1) is 24.9 Å². The van der Waals surface area contributed by atoms with Crippen LogP contribution in [0.1, 0.15) is 39.0 Å². The number of alkyl halides is 2. The molecule has 1 atom stereocenters. The van der Waals surface area contributed by atoms with Gasteiger partial charge in [-0.1, -0.05) is 105 Å². The van der Waals surface area contributed by atoms with Crippen molar-refractivity contribution >= 4 is 22.3 Å². The van der Waals surface area contributed by atoms with Crippen LogP contribution in [0.5, 0.6) is 0 Å². The van der Waals surface area contributed by atoms with Crippen molar-refractivity contribution in [3.8, 4) is 22.3 Å². The number of hydrogen-bond acceptors (Lipinski definition) is 5. The summed E-state index contributed by atoms with van der Waals surface area (Å²) >= 11 is 0.299. The van der Waals surface area contributed by atoms with E-state index in [1.165, 1.54) is 0 Å². The molecule has 10 heteroatoms. The minimum absolute atomic E-state index is 0.299. The van der Waals surface area contributed by atoms with Crippen LogP contribution < -0.4 is 0 Å². The summed E-state index contributed by atoms with van der Waals surface area (Å²) in [5.41, 5.74) is 4.14. The zero-order valence-electron chi connectivity index (χ0n) is 21.1. The molecule has 0 saturated carbocycles. The third-order valence-electron chi connectivity index (χ3n) is 5.61. The van der Waals surface area contributed by atoms with Crippen molar-refractivity contribution in [2.75, 3.05) is 13.2 Å². The summed E-state index contributed by atoms with van der Waals surface area (Å²) in [7, 11) is -5.46. The molecule has 3 aromatic carbocycles. The van der Waals surface area contributed by atoms with Gasteiger partial charge in [-0.15, -0.1) is 0 Å². The van der Waals surface area contributed by atoms with Crippen LogP contribution in [0.2, 0.25) is 0 Å². The number of ether oxygens (including phenoxy) is 1. The lowest BCUT2D eigenvalue weighted by Gasteiger charge is -2.15. The maximum absolute atomic E-state index is 13.3.